The molecule has 1 atom stereocenters. The lowest BCUT2D eigenvalue weighted by Gasteiger charge is -2.13. The van der Waals surface area contributed by atoms with E-state index in [1.165, 1.54) is 0 Å². The van der Waals surface area contributed by atoms with Crippen LogP contribution in [0.4, 0.5) is 5.82 Å². The predicted octanol–water partition coefficient (Wildman–Crippen LogP) is 3.85. The van der Waals surface area contributed by atoms with Gasteiger partial charge in [-0.2, -0.15) is 5.10 Å². The summed E-state index contributed by atoms with van der Waals surface area (Å²) in [5.41, 5.74) is 2.14. The third-order valence-electron chi connectivity index (χ3n) is 3.23. The average molecular weight is 295 g/mol. The van der Waals surface area contributed by atoms with Crippen LogP contribution in [0, 0.1) is 0 Å². The number of rotatable bonds is 5. The molecule has 0 aliphatic carbocycles. The van der Waals surface area contributed by atoms with E-state index < -0.39 is 0 Å². The van der Waals surface area contributed by atoms with Gasteiger partial charge in [-0.1, -0.05) is 20.8 Å². The maximum absolute atomic E-state index is 5.95. The van der Waals surface area contributed by atoms with Crippen molar-refractivity contribution in [2.24, 2.45) is 0 Å². The van der Waals surface area contributed by atoms with E-state index in [0.717, 1.165) is 36.4 Å². The highest BCUT2D eigenvalue weighted by Gasteiger charge is 2.18. The number of nitrogens with one attached hydrogen (secondary N) is 1. The topological polar surface area (TPSA) is 42.2 Å². The number of hydrogen-bond donors (Lipinski definition) is 1. The van der Waals surface area contributed by atoms with E-state index in [-0.39, 0.29) is 10.8 Å². The minimum atomic E-state index is 0.0390. The monoisotopic (exact) mass is 294 g/mol. The summed E-state index contributed by atoms with van der Waals surface area (Å²) in [4.78, 5) is 4.41. The van der Waals surface area contributed by atoms with Crippen LogP contribution in [0.15, 0.2) is 18.5 Å². The highest BCUT2D eigenvalue weighted by atomic mass is 35.5. The van der Waals surface area contributed by atoms with E-state index in [1.54, 1.807) is 6.20 Å². The molecule has 2 rings (SSSR count). The van der Waals surface area contributed by atoms with E-state index in [2.05, 4.69) is 42.2 Å². The van der Waals surface area contributed by atoms with E-state index in [9.17, 15) is 0 Å². The molecule has 0 amide bonds. The smallest absolute Gasteiger partial charge is 0.152 e. The molecule has 2 heterocycles. The summed E-state index contributed by atoms with van der Waals surface area (Å²) < 4.78 is 1.89. The first-order chi connectivity index (χ1) is 9.38. The van der Waals surface area contributed by atoms with Crippen molar-refractivity contribution in [3.05, 3.63) is 24.2 Å². The van der Waals surface area contributed by atoms with Crippen LogP contribution in [-0.2, 0) is 5.41 Å². The van der Waals surface area contributed by atoms with Gasteiger partial charge in [-0.3, -0.25) is 0 Å². The fraction of sp³-hybridized carbons (Fsp3) is 0.600. The number of hydrogen-bond acceptors (Lipinski definition) is 3. The van der Waals surface area contributed by atoms with Crippen molar-refractivity contribution in [1.29, 1.82) is 0 Å². The number of fused-ring (bicyclic) bond motifs is 1. The zero-order valence-electron chi connectivity index (χ0n) is 12.7. The first-order valence-corrected chi connectivity index (χ1v) is 7.54. The fourth-order valence-electron chi connectivity index (χ4n) is 2.01. The average Bonchev–Trinajstić information content (AvgIpc) is 2.78. The van der Waals surface area contributed by atoms with Crippen molar-refractivity contribution >= 4 is 22.9 Å². The van der Waals surface area contributed by atoms with Crippen molar-refractivity contribution in [3.8, 4) is 0 Å². The maximum Gasteiger partial charge on any atom is 0.152 e. The summed E-state index contributed by atoms with van der Waals surface area (Å²) in [6.45, 7) is 9.39. The van der Waals surface area contributed by atoms with Gasteiger partial charge in [-0.05, 0) is 25.8 Å². The molecule has 0 saturated heterocycles. The van der Waals surface area contributed by atoms with E-state index in [4.69, 9.17) is 11.6 Å². The molecule has 0 aliphatic heterocycles. The van der Waals surface area contributed by atoms with Gasteiger partial charge >= 0.3 is 0 Å². The van der Waals surface area contributed by atoms with Crippen LogP contribution in [0.3, 0.4) is 0 Å². The summed E-state index contributed by atoms with van der Waals surface area (Å²) in [7, 11) is 0. The number of halogens is 1. The van der Waals surface area contributed by atoms with Gasteiger partial charge in [0.15, 0.2) is 5.82 Å². The zero-order chi connectivity index (χ0) is 14.8. The minimum absolute atomic E-state index is 0.0390. The lowest BCUT2D eigenvalue weighted by Crippen LogP contribution is -2.11. The van der Waals surface area contributed by atoms with Crippen molar-refractivity contribution in [3.63, 3.8) is 0 Å². The second kappa shape index (κ2) is 6.00. The van der Waals surface area contributed by atoms with Crippen molar-refractivity contribution in [2.75, 3.05) is 11.9 Å². The van der Waals surface area contributed by atoms with Gasteiger partial charge < -0.3 is 5.32 Å². The van der Waals surface area contributed by atoms with Crippen LogP contribution >= 0.6 is 11.6 Å². The molecule has 0 radical (unpaired) electrons. The molecule has 0 saturated carbocycles. The molecule has 1 N–H and O–H groups in total. The lowest BCUT2D eigenvalue weighted by molar-refractivity contribution is 0.562. The van der Waals surface area contributed by atoms with Gasteiger partial charge in [-0.15, -0.1) is 11.6 Å². The summed E-state index contributed by atoms with van der Waals surface area (Å²) in [5.74, 6) is 0.887. The molecule has 4 nitrogen and oxygen atoms in total. The largest absolute Gasteiger partial charge is 0.368 e. The highest BCUT2D eigenvalue weighted by Crippen LogP contribution is 2.24. The number of anilines is 1. The molecule has 5 heteroatoms. The molecular formula is C15H23ClN4. The second-order valence-electron chi connectivity index (χ2n) is 6.24. The van der Waals surface area contributed by atoms with Crippen LogP contribution < -0.4 is 5.32 Å². The van der Waals surface area contributed by atoms with Gasteiger partial charge in [0.25, 0.3) is 0 Å². The van der Waals surface area contributed by atoms with Crippen LogP contribution in [0.5, 0.6) is 0 Å². The van der Waals surface area contributed by atoms with Crippen molar-refractivity contribution < 1.29 is 0 Å². The number of alkyl halides is 1. The summed E-state index contributed by atoms with van der Waals surface area (Å²) in [6, 6.07) is 2.11. The minimum Gasteiger partial charge on any atom is -0.368 e. The molecule has 2 aromatic heterocycles. The van der Waals surface area contributed by atoms with Crippen LogP contribution in [0.2, 0.25) is 0 Å². The third kappa shape index (κ3) is 3.63. The molecule has 0 aromatic carbocycles. The molecule has 20 heavy (non-hydrogen) atoms. The SMILES string of the molecule is CC(Cl)CCCNc1nccn2nc(C(C)(C)C)cc12. The van der Waals surface area contributed by atoms with Crippen LogP contribution in [-0.4, -0.2) is 26.5 Å². The van der Waals surface area contributed by atoms with E-state index in [1.807, 2.05) is 17.6 Å². The first-order valence-electron chi connectivity index (χ1n) is 7.11. The van der Waals surface area contributed by atoms with Gasteiger partial charge in [-0.25, -0.2) is 9.50 Å². The van der Waals surface area contributed by atoms with E-state index >= 15 is 0 Å². The van der Waals surface area contributed by atoms with Crippen LogP contribution in [0.1, 0.15) is 46.2 Å². The molecule has 1 unspecified atom stereocenters. The Morgan fingerprint density at radius 3 is 2.80 bits per heavy atom. The van der Waals surface area contributed by atoms with Gasteiger partial charge in [0.1, 0.15) is 5.52 Å². The zero-order valence-corrected chi connectivity index (χ0v) is 13.4. The van der Waals surface area contributed by atoms with E-state index in [0.29, 0.717) is 0 Å². The Morgan fingerprint density at radius 1 is 1.40 bits per heavy atom. The Balaban J connectivity index is 2.15. The van der Waals surface area contributed by atoms with Gasteiger partial charge in [0.05, 0.1) is 5.69 Å². The van der Waals surface area contributed by atoms with Gasteiger partial charge in [0.2, 0.25) is 0 Å². The Hall–Kier alpha value is -1.29. The molecule has 110 valence electrons. The Kier molecular flexibility index (Phi) is 4.53. The second-order valence-corrected chi connectivity index (χ2v) is 6.98. The highest BCUT2D eigenvalue weighted by molar-refractivity contribution is 6.20. The third-order valence-corrected chi connectivity index (χ3v) is 3.45. The number of aromatic nitrogens is 3. The summed E-state index contributed by atoms with van der Waals surface area (Å²) in [6.07, 6.45) is 5.70. The van der Waals surface area contributed by atoms with Gasteiger partial charge in [0, 0.05) is 29.7 Å². The van der Waals surface area contributed by atoms with Crippen molar-refractivity contribution in [2.45, 2.75) is 51.3 Å². The number of nitrogens with zero attached hydrogens (tertiary/aromatic N) is 3. The first kappa shape index (κ1) is 15.1. The molecule has 0 aliphatic rings. The molecule has 0 spiro atoms. The predicted molar refractivity (Wildman–Crippen MR) is 84.7 cm³/mol. The Bertz CT molecular complexity index is 569. The fourth-order valence-corrected chi connectivity index (χ4v) is 2.17. The van der Waals surface area contributed by atoms with Crippen molar-refractivity contribution in [1.82, 2.24) is 14.6 Å². The standard InChI is InChI=1S/C15H23ClN4/c1-11(16)6-5-7-17-14-12-10-13(15(2,3)4)19-20(12)9-8-18-14/h8-11H,5-7H2,1-4H3,(H,17,18). The molecule has 0 bridgehead atoms. The summed E-state index contributed by atoms with van der Waals surface area (Å²) in [5, 5.41) is 8.22. The van der Waals surface area contributed by atoms with Crippen LogP contribution in [0.25, 0.3) is 5.52 Å². The maximum atomic E-state index is 5.95. The Labute approximate surface area is 125 Å². The normalized spacial score (nSPS) is 13.7. The molecule has 2 aromatic rings. The lowest BCUT2D eigenvalue weighted by atomic mass is 9.92. The Morgan fingerprint density at radius 2 is 2.15 bits per heavy atom. The summed E-state index contributed by atoms with van der Waals surface area (Å²) >= 11 is 5.95. The quantitative estimate of drug-likeness (QED) is 0.673. The molecule has 0 fully saturated rings. The molecular weight excluding hydrogens is 272 g/mol.